The van der Waals surface area contributed by atoms with E-state index in [1.165, 1.54) is 11.8 Å². The zero-order valence-corrected chi connectivity index (χ0v) is 12.4. The lowest BCUT2D eigenvalue weighted by molar-refractivity contribution is -0.113. The third-order valence-electron chi connectivity index (χ3n) is 2.65. The van der Waals surface area contributed by atoms with Gasteiger partial charge in [0.05, 0.1) is 11.9 Å². The number of thioether (sulfide) groups is 1. The van der Waals surface area contributed by atoms with E-state index in [0.29, 0.717) is 11.4 Å². The van der Waals surface area contributed by atoms with Gasteiger partial charge in [-0.1, -0.05) is 6.07 Å². The van der Waals surface area contributed by atoms with Gasteiger partial charge in [-0.15, -0.1) is 11.8 Å². The average molecular weight is 290 g/mol. The first-order valence-corrected chi connectivity index (χ1v) is 7.36. The lowest BCUT2D eigenvalue weighted by Gasteiger charge is -2.11. The largest absolute Gasteiger partial charge is 0.399 e. The molecule has 0 bridgehead atoms. The van der Waals surface area contributed by atoms with Crippen LogP contribution in [-0.2, 0) is 4.79 Å². The number of nitrogens with zero attached hydrogens (tertiary/aromatic N) is 2. The second kappa shape index (κ2) is 6.47. The maximum atomic E-state index is 11.9. The molecule has 0 fully saturated rings. The van der Waals surface area contributed by atoms with E-state index >= 15 is 0 Å². The first kappa shape index (κ1) is 14.5. The summed E-state index contributed by atoms with van der Waals surface area (Å²) in [6.07, 6.45) is 1.68. The van der Waals surface area contributed by atoms with Crippen LogP contribution >= 0.6 is 11.8 Å². The minimum absolute atomic E-state index is 0.0557. The molecule has 1 aromatic carbocycles. The summed E-state index contributed by atoms with van der Waals surface area (Å²) in [7, 11) is 0. The van der Waals surface area contributed by atoms with Crippen molar-refractivity contribution in [1.29, 1.82) is 0 Å². The fourth-order valence-electron chi connectivity index (χ4n) is 1.76. The summed E-state index contributed by atoms with van der Waals surface area (Å²) >= 11 is 1.46. The number of hydrogen-bond acceptors (Lipinski definition) is 4. The van der Waals surface area contributed by atoms with Crippen LogP contribution in [0.4, 0.5) is 11.5 Å². The number of rotatable bonds is 5. The molecule has 5 nitrogen and oxygen atoms in total. The van der Waals surface area contributed by atoms with Gasteiger partial charge in [-0.2, -0.15) is 5.10 Å². The monoisotopic (exact) mass is 290 g/mol. The maximum Gasteiger partial charge on any atom is 0.235 e. The fraction of sp³-hybridized carbons (Fsp3) is 0.286. The Kier molecular flexibility index (Phi) is 4.68. The fourth-order valence-corrected chi connectivity index (χ4v) is 2.52. The van der Waals surface area contributed by atoms with Gasteiger partial charge in [0.1, 0.15) is 5.82 Å². The normalized spacial score (nSPS) is 10.8. The number of nitrogens with two attached hydrogens (primary N) is 1. The zero-order chi connectivity index (χ0) is 14.5. The molecule has 1 aromatic heterocycles. The highest BCUT2D eigenvalue weighted by Crippen LogP contribution is 2.20. The highest BCUT2D eigenvalue weighted by atomic mass is 32.2. The van der Waals surface area contributed by atoms with E-state index in [9.17, 15) is 4.79 Å². The SMILES string of the molecule is CC(C)n1nccc1NC(=O)CSc1cccc(N)c1. The molecular weight excluding hydrogens is 272 g/mol. The Morgan fingerprint density at radius 3 is 2.95 bits per heavy atom. The van der Waals surface area contributed by atoms with E-state index in [0.717, 1.165) is 10.7 Å². The molecule has 0 aliphatic heterocycles. The lowest BCUT2D eigenvalue weighted by Crippen LogP contribution is -2.18. The van der Waals surface area contributed by atoms with Crippen molar-refractivity contribution in [3.05, 3.63) is 36.5 Å². The minimum Gasteiger partial charge on any atom is -0.399 e. The van der Waals surface area contributed by atoms with Crippen molar-refractivity contribution in [2.24, 2.45) is 0 Å². The molecule has 1 heterocycles. The molecule has 2 aromatic rings. The van der Waals surface area contributed by atoms with E-state index in [1.54, 1.807) is 16.9 Å². The van der Waals surface area contributed by atoms with Crippen molar-refractivity contribution in [1.82, 2.24) is 9.78 Å². The Bertz CT molecular complexity index is 594. The van der Waals surface area contributed by atoms with Crippen molar-refractivity contribution in [3.63, 3.8) is 0 Å². The van der Waals surface area contributed by atoms with Crippen molar-refractivity contribution in [2.45, 2.75) is 24.8 Å². The summed E-state index contributed by atoms with van der Waals surface area (Å²) in [5.74, 6) is 1.00. The summed E-state index contributed by atoms with van der Waals surface area (Å²) in [5, 5.41) is 7.04. The van der Waals surface area contributed by atoms with Crippen molar-refractivity contribution in [2.75, 3.05) is 16.8 Å². The second-order valence-corrected chi connectivity index (χ2v) is 5.71. The van der Waals surface area contributed by atoms with Crippen LogP contribution in [0.2, 0.25) is 0 Å². The molecule has 0 saturated carbocycles. The average Bonchev–Trinajstić information content (AvgIpc) is 2.85. The molecule has 2 rings (SSSR count). The van der Waals surface area contributed by atoms with Gasteiger partial charge < -0.3 is 11.1 Å². The molecule has 0 unspecified atom stereocenters. The topological polar surface area (TPSA) is 72.9 Å². The number of carbonyl (C=O) groups excluding carboxylic acids is 1. The van der Waals surface area contributed by atoms with E-state index in [1.807, 2.05) is 38.1 Å². The molecule has 1 amide bonds. The van der Waals surface area contributed by atoms with Crippen LogP contribution in [0, 0.1) is 0 Å². The molecular formula is C14H18N4OS. The van der Waals surface area contributed by atoms with Gasteiger partial charge in [-0.05, 0) is 32.0 Å². The third-order valence-corrected chi connectivity index (χ3v) is 3.65. The number of nitrogen functional groups attached to an aromatic ring is 1. The Labute approximate surface area is 122 Å². The Morgan fingerprint density at radius 1 is 1.45 bits per heavy atom. The predicted octanol–water partition coefficient (Wildman–Crippen LogP) is 2.78. The number of nitrogens with one attached hydrogen (secondary N) is 1. The first-order chi connectivity index (χ1) is 9.56. The van der Waals surface area contributed by atoms with Crippen LogP contribution in [0.15, 0.2) is 41.4 Å². The van der Waals surface area contributed by atoms with Crippen LogP contribution < -0.4 is 11.1 Å². The van der Waals surface area contributed by atoms with E-state index in [4.69, 9.17) is 5.73 Å². The van der Waals surface area contributed by atoms with Gasteiger partial charge >= 0.3 is 0 Å². The number of hydrogen-bond donors (Lipinski definition) is 2. The smallest absolute Gasteiger partial charge is 0.235 e. The van der Waals surface area contributed by atoms with Crippen LogP contribution in [0.5, 0.6) is 0 Å². The summed E-state index contributed by atoms with van der Waals surface area (Å²) in [6.45, 7) is 4.04. The summed E-state index contributed by atoms with van der Waals surface area (Å²) in [6, 6.07) is 9.50. The van der Waals surface area contributed by atoms with Crippen molar-refractivity contribution >= 4 is 29.2 Å². The summed E-state index contributed by atoms with van der Waals surface area (Å²) < 4.78 is 1.78. The number of benzene rings is 1. The second-order valence-electron chi connectivity index (χ2n) is 4.66. The Morgan fingerprint density at radius 2 is 2.25 bits per heavy atom. The van der Waals surface area contributed by atoms with Crippen LogP contribution in [0.25, 0.3) is 0 Å². The number of carbonyl (C=O) groups is 1. The molecule has 6 heteroatoms. The van der Waals surface area contributed by atoms with E-state index < -0.39 is 0 Å². The molecule has 0 spiro atoms. The van der Waals surface area contributed by atoms with Gasteiger partial charge in [-0.25, -0.2) is 4.68 Å². The first-order valence-electron chi connectivity index (χ1n) is 6.38. The van der Waals surface area contributed by atoms with Gasteiger partial charge in [0.2, 0.25) is 5.91 Å². The Hall–Kier alpha value is -1.95. The molecule has 0 aliphatic carbocycles. The number of amides is 1. The Balaban J connectivity index is 1.91. The maximum absolute atomic E-state index is 11.9. The van der Waals surface area contributed by atoms with Gasteiger partial charge in [0.25, 0.3) is 0 Å². The molecule has 106 valence electrons. The third kappa shape index (κ3) is 3.77. The van der Waals surface area contributed by atoms with Gasteiger partial charge in [0.15, 0.2) is 0 Å². The van der Waals surface area contributed by atoms with Crippen LogP contribution in [0.3, 0.4) is 0 Å². The standard InChI is InChI=1S/C14H18N4OS/c1-10(2)18-13(6-7-16-18)17-14(19)9-20-12-5-3-4-11(15)8-12/h3-8,10H,9,15H2,1-2H3,(H,17,19). The van der Waals surface area contributed by atoms with Crippen molar-refractivity contribution < 1.29 is 4.79 Å². The molecule has 3 N–H and O–H groups in total. The highest BCUT2D eigenvalue weighted by molar-refractivity contribution is 8.00. The van der Waals surface area contributed by atoms with Crippen molar-refractivity contribution in [3.8, 4) is 0 Å². The molecule has 0 saturated heterocycles. The zero-order valence-electron chi connectivity index (χ0n) is 11.5. The van der Waals surface area contributed by atoms with Crippen LogP contribution in [0.1, 0.15) is 19.9 Å². The predicted molar refractivity (Wildman–Crippen MR) is 82.8 cm³/mol. The van der Waals surface area contributed by atoms with Gasteiger partial charge in [-0.3, -0.25) is 4.79 Å². The highest BCUT2D eigenvalue weighted by Gasteiger charge is 2.09. The molecule has 20 heavy (non-hydrogen) atoms. The van der Waals surface area contributed by atoms with E-state index in [2.05, 4.69) is 10.4 Å². The van der Waals surface area contributed by atoms with E-state index in [-0.39, 0.29) is 11.9 Å². The number of anilines is 2. The van der Waals surface area contributed by atoms with Gasteiger partial charge in [0, 0.05) is 22.7 Å². The lowest BCUT2D eigenvalue weighted by atomic mass is 10.3. The minimum atomic E-state index is -0.0557. The molecule has 0 radical (unpaired) electrons. The quantitative estimate of drug-likeness (QED) is 0.656. The summed E-state index contributed by atoms with van der Waals surface area (Å²) in [4.78, 5) is 12.9. The summed E-state index contributed by atoms with van der Waals surface area (Å²) in [5.41, 5.74) is 6.40. The van der Waals surface area contributed by atoms with Crippen LogP contribution in [-0.4, -0.2) is 21.4 Å². The molecule has 0 aliphatic rings. The molecule has 0 atom stereocenters. The number of aromatic nitrogens is 2.